The van der Waals surface area contributed by atoms with Gasteiger partial charge in [-0.3, -0.25) is 9.11 Å². The van der Waals surface area contributed by atoms with E-state index in [1.54, 1.807) is 54.6 Å². The zero-order valence-corrected chi connectivity index (χ0v) is 24.4. The first-order valence-electron chi connectivity index (χ1n) is 13.4. The van der Waals surface area contributed by atoms with Gasteiger partial charge in [0.05, 0.1) is 26.5 Å². The summed E-state index contributed by atoms with van der Waals surface area (Å²) in [6.07, 6.45) is 8.75. The maximum atomic E-state index is 11.6. The largest absolute Gasteiger partial charge is 0.439 e. The van der Waals surface area contributed by atoms with Crippen molar-refractivity contribution < 1.29 is 35.1 Å². The highest BCUT2D eigenvalue weighted by molar-refractivity contribution is 7.86. The molecule has 45 heavy (non-hydrogen) atoms. The zero-order valence-electron chi connectivity index (χ0n) is 22.8. The van der Waals surface area contributed by atoms with Crippen molar-refractivity contribution in [2.45, 2.75) is 9.79 Å². The Morgan fingerprint density at radius 1 is 0.689 bits per heavy atom. The number of aromatic amines is 2. The molecular formula is C31H20N4O8S2. The van der Waals surface area contributed by atoms with Gasteiger partial charge < -0.3 is 24.4 Å². The van der Waals surface area contributed by atoms with Crippen LogP contribution in [0.3, 0.4) is 0 Å². The fraction of sp³-hybridized carbons (Fsp3) is 0. The summed E-state index contributed by atoms with van der Waals surface area (Å²) in [7, 11) is -8.67. The van der Waals surface area contributed by atoms with Crippen LogP contribution in [0.4, 0.5) is 5.69 Å². The zero-order chi connectivity index (χ0) is 31.1. The maximum absolute atomic E-state index is 11.6. The van der Waals surface area contributed by atoms with Crippen molar-refractivity contribution >= 4 is 86.7 Å². The molecule has 4 aromatic carbocycles. The van der Waals surface area contributed by atoms with Crippen LogP contribution < -0.4 is 10.1 Å². The molecule has 8 rings (SSSR count). The van der Waals surface area contributed by atoms with E-state index >= 15 is 0 Å². The molecule has 0 fully saturated rings. The standard InChI is InChI=1S/C31H20N4O8S2/c36-44(37,38)16-6-8-22-18(10-16)20-12-26-28(14-24(20)32-22)42-30(34-26)4-2-1-3-5-31-35-27-13-21-19-11-17(45(39,40)41)7-9-23(19)33-25(21)15-29(27)43-31/h1-15,32-34H,(H,36,37,38)(H,39,40,41)/b2-1+,5-3+,30-4-. The number of anilines is 1. The van der Waals surface area contributed by atoms with Crippen LogP contribution in [0.1, 0.15) is 5.89 Å². The molecule has 0 unspecified atom stereocenters. The molecule has 0 saturated carbocycles. The third-order valence-corrected chi connectivity index (χ3v) is 9.25. The first kappa shape index (κ1) is 27.2. The second-order valence-electron chi connectivity index (χ2n) is 10.4. The van der Waals surface area contributed by atoms with Crippen LogP contribution in [-0.4, -0.2) is 40.9 Å². The van der Waals surface area contributed by atoms with Crippen LogP contribution in [0.5, 0.6) is 5.75 Å². The molecule has 0 spiro atoms. The number of nitrogens with zero attached hydrogens (tertiary/aromatic N) is 1. The number of oxazole rings is 1. The smallest absolute Gasteiger partial charge is 0.294 e. The van der Waals surface area contributed by atoms with E-state index < -0.39 is 20.2 Å². The summed E-state index contributed by atoms with van der Waals surface area (Å²) in [5, 5.41) is 6.01. The van der Waals surface area contributed by atoms with Gasteiger partial charge >= 0.3 is 0 Å². The first-order chi connectivity index (χ1) is 21.5. The Labute approximate surface area is 253 Å². The van der Waals surface area contributed by atoms with E-state index in [1.165, 1.54) is 24.3 Å². The molecule has 0 atom stereocenters. The molecule has 1 aliphatic heterocycles. The van der Waals surface area contributed by atoms with Gasteiger partial charge in [-0.25, -0.2) is 4.98 Å². The average molecular weight is 641 g/mol. The van der Waals surface area contributed by atoms with E-state index in [0.717, 1.165) is 27.3 Å². The summed E-state index contributed by atoms with van der Waals surface area (Å²) >= 11 is 0. The topological polar surface area (TPSA) is 188 Å². The molecule has 1 aliphatic rings. The van der Waals surface area contributed by atoms with Crippen LogP contribution in [-0.2, 0) is 20.2 Å². The molecule has 7 aromatic rings. The highest BCUT2D eigenvalue weighted by atomic mass is 32.2. The first-order valence-corrected chi connectivity index (χ1v) is 16.3. The van der Waals surface area contributed by atoms with Crippen molar-refractivity contribution in [2.75, 3.05) is 5.32 Å². The van der Waals surface area contributed by atoms with Crippen molar-refractivity contribution in [2.24, 2.45) is 0 Å². The minimum absolute atomic E-state index is 0.180. The number of ether oxygens (including phenoxy) is 1. The molecule has 12 nitrogen and oxygen atoms in total. The fourth-order valence-corrected chi connectivity index (χ4v) is 6.51. The molecule has 5 N–H and O–H groups in total. The number of nitrogens with one attached hydrogen (secondary N) is 3. The second-order valence-corrected chi connectivity index (χ2v) is 13.3. The van der Waals surface area contributed by atoms with Crippen molar-refractivity contribution in [3.05, 3.63) is 96.7 Å². The Morgan fingerprint density at radius 2 is 1.31 bits per heavy atom. The van der Waals surface area contributed by atoms with Crippen LogP contribution in [0.15, 0.2) is 105 Å². The Balaban J connectivity index is 1.01. The van der Waals surface area contributed by atoms with Crippen molar-refractivity contribution in [3.8, 4) is 5.75 Å². The van der Waals surface area contributed by atoms with Gasteiger partial charge in [0.1, 0.15) is 5.52 Å². The highest BCUT2D eigenvalue weighted by Crippen LogP contribution is 2.40. The monoisotopic (exact) mass is 640 g/mol. The number of aromatic nitrogens is 3. The summed E-state index contributed by atoms with van der Waals surface area (Å²) in [5.74, 6) is 1.47. The third kappa shape index (κ3) is 4.72. The predicted molar refractivity (Wildman–Crippen MR) is 169 cm³/mol. The molecule has 224 valence electrons. The lowest BCUT2D eigenvalue weighted by Crippen LogP contribution is -1.97. The van der Waals surface area contributed by atoms with Gasteiger partial charge in [-0.1, -0.05) is 18.2 Å². The molecule has 14 heteroatoms. The molecule has 0 amide bonds. The van der Waals surface area contributed by atoms with E-state index in [2.05, 4.69) is 20.3 Å². The maximum Gasteiger partial charge on any atom is 0.294 e. The number of benzene rings is 4. The predicted octanol–water partition coefficient (Wildman–Crippen LogP) is 6.51. The van der Waals surface area contributed by atoms with E-state index in [0.29, 0.717) is 50.6 Å². The minimum atomic E-state index is -4.34. The Bertz CT molecular complexity index is 2710. The van der Waals surface area contributed by atoms with Gasteiger partial charge in [-0.2, -0.15) is 16.8 Å². The van der Waals surface area contributed by atoms with Crippen LogP contribution in [0.2, 0.25) is 0 Å². The van der Waals surface area contributed by atoms with Gasteiger partial charge in [0, 0.05) is 50.8 Å². The lowest BCUT2D eigenvalue weighted by Gasteiger charge is -1.98. The van der Waals surface area contributed by atoms with E-state index in [4.69, 9.17) is 9.15 Å². The highest BCUT2D eigenvalue weighted by Gasteiger charge is 2.20. The molecule has 3 aromatic heterocycles. The lowest BCUT2D eigenvalue weighted by molar-refractivity contribution is 0.458. The Kier molecular flexibility index (Phi) is 5.76. The number of allylic oxidation sites excluding steroid dienone is 4. The summed E-state index contributed by atoms with van der Waals surface area (Å²) in [6.45, 7) is 0. The fourth-order valence-electron chi connectivity index (χ4n) is 5.50. The van der Waals surface area contributed by atoms with E-state index in [-0.39, 0.29) is 9.79 Å². The molecule has 0 radical (unpaired) electrons. The third-order valence-electron chi connectivity index (χ3n) is 7.55. The summed E-state index contributed by atoms with van der Waals surface area (Å²) in [4.78, 5) is 10.6. The molecule has 4 heterocycles. The van der Waals surface area contributed by atoms with Gasteiger partial charge in [-0.05, 0) is 54.6 Å². The number of H-pyrrole nitrogens is 2. The normalized spacial score (nSPS) is 15.0. The van der Waals surface area contributed by atoms with Crippen LogP contribution >= 0.6 is 0 Å². The van der Waals surface area contributed by atoms with Crippen molar-refractivity contribution in [1.82, 2.24) is 15.0 Å². The van der Waals surface area contributed by atoms with Crippen molar-refractivity contribution in [3.63, 3.8) is 0 Å². The average Bonchev–Trinajstić information content (AvgIpc) is 3.74. The van der Waals surface area contributed by atoms with Gasteiger partial charge in [-0.15, -0.1) is 0 Å². The SMILES string of the molecule is O=S(=O)(O)c1ccc2[nH]c3cc4c(cc3c2c1)N/C(=C/C=C/C=C/c1nc2cc3c(cc2o1)[nH]c1ccc(S(=O)(=O)O)cc13)O4. The number of hydrogen-bond acceptors (Lipinski definition) is 8. The minimum Gasteiger partial charge on any atom is -0.439 e. The van der Waals surface area contributed by atoms with Gasteiger partial charge in [0.2, 0.25) is 5.89 Å². The van der Waals surface area contributed by atoms with Crippen LogP contribution in [0, 0.1) is 0 Å². The van der Waals surface area contributed by atoms with Gasteiger partial charge in [0.25, 0.3) is 20.2 Å². The van der Waals surface area contributed by atoms with Gasteiger partial charge in [0.15, 0.2) is 17.2 Å². The molecule has 0 bridgehead atoms. The summed E-state index contributed by atoms with van der Waals surface area (Å²) in [5.41, 5.74) is 4.78. The van der Waals surface area contributed by atoms with Crippen LogP contribution in [0.25, 0.3) is 60.8 Å². The van der Waals surface area contributed by atoms with E-state index in [1.807, 2.05) is 12.1 Å². The number of rotatable bonds is 5. The number of fused-ring (bicyclic) bond motifs is 8. The Morgan fingerprint density at radius 3 is 1.98 bits per heavy atom. The lowest BCUT2D eigenvalue weighted by atomic mass is 10.1. The quantitative estimate of drug-likeness (QED) is 0.103. The second kappa shape index (κ2) is 9.54. The molecule has 0 saturated heterocycles. The van der Waals surface area contributed by atoms with Crippen molar-refractivity contribution in [1.29, 1.82) is 0 Å². The van der Waals surface area contributed by atoms with E-state index in [9.17, 15) is 25.9 Å². The molecular weight excluding hydrogens is 620 g/mol. The number of hydrogen-bond donors (Lipinski definition) is 5. The Hall–Kier alpha value is -5.41. The summed E-state index contributed by atoms with van der Waals surface area (Å²) < 4.78 is 77.1. The summed E-state index contributed by atoms with van der Waals surface area (Å²) in [6, 6.07) is 16.0. The molecule has 0 aliphatic carbocycles.